The van der Waals surface area contributed by atoms with Gasteiger partial charge >= 0.3 is 0 Å². The lowest BCUT2D eigenvalue weighted by Crippen LogP contribution is -2.27. The quantitative estimate of drug-likeness (QED) is 0.576. The molecule has 3 heterocycles. The standard InChI is InChI=1S/C20H18N6O2/c1-13-5-3-6-15(11-13)18-24-20(28-25-18)14(2)23-19(27)16-7-8-17(21-12-16)26-10-4-9-22-26/h3-12,14H,1-2H3,(H,23,27)/t14-/m0/s1. The minimum Gasteiger partial charge on any atom is -0.340 e. The SMILES string of the molecule is Cc1cccc(-c2noc([C@H](C)NC(=O)c3ccc(-n4cccn4)nc3)n2)c1. The normalized spacial score (nSPS) is 11.9. The van der Waals surface area contributed by atoms with E-state index in [1.807, 2.05) is 31.2 Å². The fraction of sp³-hybridized carbons (Fsp3) is 0.150. The second kappa shape index (κ2) is 7.43. The summed E-state index contributed by atoms with van der Waals surface area (Å²) in [5.41, 5.74) is 2.41. The maximum Gasteiger partial charge on any atom is 0.253 e. The van der Waals surface area contributed by atoms with Gasteiger partial charge in [-0.15, -0.1) is 0 Å². The first-order valence-corrected chi connectivity index (χ1v) is 8.78. The van der Waals surface area contributed by atoms with Crippen LogP contribution >= 0.6 is 0 Å². The van der Waals surface area contributed by atoms with Crippen LogP contribution in [-0.4, -0.2) is 30.8 Å². The molecule has 4 aromatic rings. The molecule has 1 aromatic carbocycles. The Kier molecular flexibility index (Phi) is 4.67. The number of carbonyl (C=O) groups is 1. The van der Waals surface area contributed by atoms with Gasteiger partial charge < -0.3 is 9.84 Å². The highest BCUT2D eigenvalue weighted by atomic mass is 16.5. The molecule has 1 atom stereocenters. The lowest BCUT2D eigenvalue weighted by Gasteiger charge is -2.09. The topological polar surface area (TPSA) is 98.7 Å². The van der Waals surface area contributed by atoms with Gasteiger partial charge in [-0.3, -0.25) is 4.79 Å². The summed E-state index contributed by atoms with van der Waals surface area (Å²) in [5.74, 6) is 1.19. The summed E-state index contributed by atoms with van der Waals surface area (Å²) in [6.07, 6.45) is 4.95. The second-order valence-corrected chi connectivity index (χ2v) is 6.38. The van der Waals surface area contributed by atoms with Crippen molar-refractivity contribution in [3.05, 3.63) is 78.1 Å². The van der Waals surface area contributed by atoms with E-state index < -0.39 is 6.04 Å². The van der Waals surface area contributed by atoms with Crippen LogP contribution in [0.15, 0.2) is 65.6 Å². The van der Waals surface area contributed by atoms with Crippen LogP contribution in [0.2, 0.25) is 0 Å². The Hall–Kier alpha value is -3.81. The Morgan fingerprint density at radius 3 is 2.82 bits per heavy atom. The molecule has 0 saturated heterocycles. The van der Waals surface area contributed by atoms with Crippen LogP contribution in [0, 0.1) is 6.92 Å². The highest BCUT2D eigenvalue weighted by molar-refractivity contribution is 5.94. The number of rotatable bonds is 5. The number of amides is 1. The van der Waals surface area contributed by atoms with E-state index in [9.17, 15) is 4.79 Å². The molecule has 0 bridgehead atoms. The number of nitrogens with zero attached hydrogens (tertiary/aromatic N) is 5. The van der Waals surface area contributed by atoms with E-state index in [4.69, 9.17) is 4.52 Å². The number of carbonyl (C=O) groups excluding carboxylic acids is 1. The molecule has 0 aliphatic rings. The van der Waals surface area contributed by atoms with Crippen molar-refractivity contribution in [2.45, 2.75) is 19.9 Å². The Bertz CT molecular complexity index is 1090. The average molecular weight is 374 g/mol. The first-order chi connectivity index (χ1) is 13.6. The van der Waals surface area contributed by atoms with Gasteiger partial charge in [-0.2, -0.15) is 10.1 Å². The smallest absolute Gasteiger partial charge is 0.253 e. The average Bonchev–Trinajstić information content (AvgIpc) is 3.40. The summed E-state index contributed by atoms with van der Waals surface area (Å²) < 4.78 is 6.94. The van der Waals surface area contributed by atoms with Gasteiger partial charge in [0.05, 0.1) is 5.56 Å². The third-order valence-electron chi connectivity index (χ3n) is 4.19. The summed E-state index contributed by atoms with van der Waals surface area (Å²) in [6, 6.07) is 12.6. The van der Waals surface area contributed by atoms with E-state index >= 15 is 0 Å². The third kappa shape index (κ3) is 3.66. The molecule has 3 aromatic heterocycles. The zero-order valence-electron chi connectivity index (χ0n) is 15.4. The molecule has 8 nitrogen and oxygen atoms in total. The summed E-state index contributed by atoms with van der Waals surface area (Å²) in [4.78, 5) is 21.1. The van der Waals surface area contributed by atoms with Gasteiger partial charge in [-0.25, -0.2) is 9.67 Å². The van der Waals surface area contributed by atoms with Crippen molar-refractivity contribution in [2.24, 2.45) is 0 Å². The first kappa shape index (κ1) is 17.6. The molecule has 0 fully saturated rings. The molecule has 28 heavy (non-hydrogen) atoms. The molecule has 1 amide bonds. The molecule has 0 spiro atoms. The maximum absolute atomic E-state index is 12.5. The molecule has 0 radical (unpaired) electrons. The third-order valence-corrected chi connectivity index (χ3v) is 4.19. The summed E-state index contributed by atoms with van der Waals surface area (Å²) in [7, 11) is 0. The molecule has 0 saturated carbocycles. The lowest BCUT2D eigenvalue weighted by atomic mass is 10.1. The second-order valence-electron chi connectivity index (χ2n) is 6.38. The highest BCUT2D eigenvalue weighted by Gasteiger charge is 2.18. The number of benzene rings is 1. The number of aryl methyl sites for hydroxylation is 1. The van der Waals surface area contributed by atoms with E-state index in [2.05, 4.69) is 25.5 Å². The van der Waals surface area contributed by atoms with E-state index in [1.165, 1.54) is 6.20 Å². The number of hydrogen-bond donors (Lipinski definition) is 1. The largest absolute Gasteiger partial charge is 0.340 e. The van der Waals surface area contributed by atoms with E-state index in [-0.39, 0.29) is 5.91 Å². The molecule has 4 rings (SSSR count). The molecular formula is C20H18N6O2. The van der Waals surface area contributed by atoms with E-state index in [0.717, 1.165) is 11.1 Å². The van der Waals surface area contributed by atoms with Crippen molar-refractivity contribution in [3.63, 3.8) is 0 Å². The van der Waals surface area contributed by atoms with Gasteiger partial charge in [0.1, 0.15) is 6.04 Å². The van der Waals surface area contributed by atoms with Crippen molar-refractivity contribution in [3.8, 4) is 17.2 Å². The van der Waals surface area contributed by atoms with E-state index in [0.29, 0.717) is 23.1 Å². The summed E-state index contributed by atoms with van der Waals surface area (Å²) in [6.45, 7) is 3.79. The Balaban J connectivity index is 1.45. The molecule has 0 unspecified atom stereocenters. The molecule has 1 N–H and O–H groups in total. The zero-order chi connectivity index (χ0) is 19.5. The molecular weight excluding hydrogens is 356 g/mol. The highest BCUT2D eigenvalue weighted by Crippen LogP contribution is 2.20. The predicted molar refractivity (Wildman–Crippen MR) is 102 cm³/mol. The monoisotopic (exact) mass is 374 g/mol. The van der Waals surface area contributed by atoms with Gasteiger partial charge in [0, 0.05) is 24.2 Å². The summed E-state index contributed by atoms with van der Waals surface area (Å²) in [5, 5.41) is 11.0. The van der Waals surface area contributed by atoms with Gasteiger partial charge in [-0.05, 0) is 38.1 Å². The van der Waals surface area contributed by atoms with Crippen LogP contribution in [0.4, 0.5) is 0 Å². The van der Waals surface area contributed by atoms with Gasteiger partial charge in [0.15, 0.2) is 5.82 Å². The van der Waals surface area contributed by atoms with Crippen molar-refractivity contribution >= 4 is 5.91 Å². The Labute approximate surface area is 161 Å². The fourth-order valence-electron chi connectivity index (χ4n) is 2.71. The van der Waals surface area contributed by atoms with Crippen LogP contribution in [-0.2, 0) is 0 Å². The van der Waals surface area contributed by atoms with Crippen molar-refractivity contribution in [1.29, 1.82) is 0 Å². The van der Waals surface area contributed by atoms with Gasteiger partial charge in [-0.1, -0.05) is 28.9 Å². The fourth-order valence-corrected chi connectivity index (χ4v) is 2.71. The molecule has 0 aliphatic carbocycles. The van der Waals surface area contributed by atoms with E-state index in [1.54, 1.807) is 42.2 Å². The van der Waals surface area contributed by atoms with Crippen molar-refractivity contribution < 1.29 is 9.32 Å². The van der Waals surface area contributed by atoms with Crippen molar-refractivity contribution in [1.82, 2.24) is 30.2 Å². The van der Waals surface area contributed by atoms with Crippen LogP contribution in [0.3, 0.4) is 0 Å². The van der Waals surface area contributed by atoms with Crippen LogP contribution in [0.5, 0.6) is 0 Å². The Morgan fingerprint density at radius 2 is 2.11 bits per heavy atom. The lowest BCUT2D eigenvalue weighted by molar-refractivity contribution is 0.0932. The molecule has 8 heteroatoms. The molecule has 140 valence electrons. The van der Waals surface area contributed by atoms with Crippen LogP contribution in [0.1, 0.15) is 34.8 Å². The number of pyridine rings is 1. The van der Waals surface area contributed by atoms with Gasteiger partial charge in [0.25, 0.3) is 5.91 Å². The zero-order valence-corrected chi connectivity index (χ0v) is 15.4. The minimum atomic E-state index is -0.440. The van der Waals surface area contributed by atoms with Crippen LogP contribution in [0.25, 0.3) is 17.2 Å². The minimum absolute atomic E-state index is 0.276. The van der Waals surface area contributed by atoms with Crippen molar-refractivity contribution in [2.75, 3.05) is 0 Å². The number of nitrogens with one attached hydrogen (secondary N) is 1. The summed E-state index contributed by atoms with van der Waals surface area (Å²) >= 11 is 0. The molecule has 0 aliphatic heterocycles. The van der Waals surface area contributed by atoms with Gasteiger partial charge in [0.2, 0.25) is 11.7 Å². The predicted octanol–water partition coefficient (Wildman–Crippen LogP) is 3.12. The number of hydrogen-bond acceptors (Lipinski definition) is 6. The number of aromatic nitrogens is 5. The Morgan fingerprint density at radius 1 is 1.21 bits per heavy atom. The maximum atomic E-state index is 12.5. The first-order valence-electron chi connectivity index (χ1n) is 8.78. The van der Waals surface area contributed by atoms with Crippen LogP contribution < -0.4 is 5.32 Å².